The van der Waals surface area contributed by atoms with E-state index in [-0.39, 0.29) is 5.82 Å². The van der Waals surface area contributed by atoms with E-state index in [1.165, 1.54) is 31.2 Å². The van der Waals surface area contributed by atoms with Crippen LogP contribution in [-0.4, -0.2) is 71.5 Å². The second-order valence-corrected chi connectivity index (χ2v) is 11.9. The van der Waals surface area contributed by atoms with Crippen LogP contribution >= 0.6 is 35.0 Å². The lowest BCUT2D eigenvalue weighted by Crippen LogP contribution is -2.54. The van der Waals surface area contributed by atoms with Gasteiger partial charge in [0.1, 0.15) is 11.5 Å². The number of anilines is 2. The molecule has 0 spiro atoms. The van der Waals surface area contributed by atoms with Gasteiger partial charge < -0.3 is 15.1 Å². The van der Waals surface area contributed by atoms with Gasteiger partial charge in [-0.25, -0.2) is 9.97 Å². The predicted octanol–water partition coefficient (Wildman–Crippen LogP) is 6.79. The number of thioether (sulfide) groups is 1. The third-order valence-electron chi connectivity index (χ3n) is 7.33. The molecule has 2 aromatic rings. The molecule has 12 heteroatoms. The van der Waals surface area contributed by atoms with Gasteiger partial charge in [-0.1, -0.05) is 29.3 Å². The largest absolute Gasteiger partial charge is 0.434 e. The van der Waals surface area contributed by atoms with E-state index < -0.39 is 23.6 Å². The van der Waals surface area contributed by atoms with Gasteiger partial charge in [-0.15, -0.1) is 0 Å². The molecule has 3 heterocycles. The summed E-state index contributed by atoms with van der Waals surface area (Å²) in [7, 11) is 0. The number of likely N-dealkylation sites (tertiary alicyclic amines) is 1. The molecule has 2 atom stereocenters. The van der Waals surface area contributed by atoms with E-state index in [1.807, 2.05) is 11.8 Å². The van der Waals surface area contributed by atoms with E-state index in [4.69, 9.17) is 28.6 Å². The summed E-state index contributed by atoms with van der Waals surface area (Å²) in [6.07, 6.45) is 2.24. The average molecular weight is 590 g/mol. The van der Waals surface area contributed by atoms with Gasteiger partial charge in [-0.3, -0.25) is 5.41 Å². The number of rotatable bonds is 10. The highest BCUT2D eigenvalue weighted by Gasteiger charge is 2.40. The minimum atomic E-state index is -4.85. The van der Waals surface area contributed by atoms with Crippen LogP contribution < -0.4 is 10.2 Å². The maximum absolute atomic E-state index is 13.4. The minimum Gasteiger partial charge on any atom is -0.362 e. The van der Waals surface area contributed by atoms with Crippen LogP contribution in [0.15, 0.2) is 24.4 Å². The second-order valence-electron chi connectivity index (χ2n) is 10.0. The maximum atomic E-state index is 13.4. The number of hydrogen-bond donors (Lipinski definition) is 2. The average Bonchev–Trinajstić information content (AvgIpc) is 2.83. The molecule has 2 aliphatic rings. The molecule has 6 nitrogen and oxygen atoms in total. The van der Waals surface area contributed by atoms with Gasteiger partial charge in [0.2, 0.25) is 0 Å². The molecule has 4 rings (SSSR count). The highest BCUT2D eigenvalue weighted by Crippen LogP contribution is 2.35. The molecule has 38 heavy (non-hydrogen) atoms. The molecule has 0 radical (unpaired) electrons. The molecule has 2 N–H and O–H groups in total. The summed E-state index contributed by atoms with van der Waals surface area (Å²) in [5.41, 5.74) is -1.43. The number of benzene rings is 1. The molecule has 0 amide bonds. The standard InChI is InChI=1S/C26H33Cl2F3N6S/c1-16(20-7-6-19(27)11-21(20)28)34-25-23(24(32)26(29,30)31)33-12-22(35-25)37-14-18(15-37)17-5-3-8-36(13-17)9-4-10-38-2/h6-7,11-12,16-18,32H,3-5,8-10,13-15H2,1-2H3,(H,34,35). The van der Waals surface area contributed by atoms with E-state index in [0.29, 0.717) is 33.3 Å². The maximum Gasteiger partial charge on any atom is 0.434 e. The molecule has 0 aliphatic carbocycles. The van der Waals surface area contributed by atoms with Crippen molar-refractivity contribution in [1.82, 2.24) is 14.9 Å². The molecule has 2 saturated heterocycles. The van der Waals surface area contributed by atoms with Crippen molar-refractivity contribution >= 4 is 52.3 Å². The van der Waals surface area contributed by atoms with Crippen LogP contribution in [0, 0.1) is 17.2 Å². The van der Waals surface area contributed by atoms with Gasteiger partial charge in [-0.05, 0) is 80.8 Å². The van der Waals surface area contributed by atoms with Crippen LogP contribution in [0.3, 0.4) is 0 Å². The molecule has 1 aromatic carbocycles. The first-order chi connectivity index (χ1) is 18.1. The van der Waals surface area contributed by atoms with Crippen LogP contribution in [-0.2, 0) is 0 Å². The Morgan fingerprint density at radius 2 is 2.00 bits per heavy atom. The summed E-state index contributed by atoms with van der Waals surface area (Å²) >= 11 is 14.2. The topological polar surface area (TPSA) is 68.1 Å². The van der Waals surface area contributed by atoms with Crippen molar-refractivity contribution in [3.05, 3.63) is 45.7 Å². The van der Waals surface area contributed by atoms with Crippen molar-refractivity contribution in [1.29, 1.82) is 5.41 Å². The second kappa shape index (κ2) is 12.6. The SMILES string of the molecule is CSCCCN1CCCC(C2CN(c3cnc(C(=N)C(F)(F)F)c(NC(C)c4ccc(Cl)cc4Cl)n3)C2)C1. The summed E-state index contributed by atoms with van der Waals surface area (Å²) < 4.78 is 40.3. The molecular weight excluding hydrogens is 556 g/mol. The van der Waals surface area contributed by atoms with Crippen molar-refractivity contribution in [2.45, 2.75) is 38.4 Å². The van der Waals surface area contributed by atoms with Gasteiger partial charge >= 0.3 is 6.18 Å². The number of halogens is 5. The number of aromatic nitrogens is 2. The molecule has 2 fully saturated rings. The van der Waals surface area contributed by atoms with E-state index in [1.54, 1.807) is 25.1 Å². The lowest BCUT2D eigenvalue weighted by atomic mass is 9.80. The smallest absolute Gasteiger partial charge is 0.362 e. The van der Waals surface area contributed by atoms with Gasteiger partial charge in [0, 0.05) is 29.7 Å². The van der Waals surface area contributed by atoms with Gasteiger partial charge in [0.15, 0.2) is 11.5 Å². The first-order valence-corrected chi connectivity index (χ1v) is 14.9. The Morgan fingerprint density at radius 1 is 1.24 bits per heavy atom. The normalized spacial score (nSPS) is 19.8. The lowest BCUT2D eigenvalue weighted by Gasteiger charge is -2.47. The van der Waals surface area contributed by atoms with E-state index >= 15 is 0 Å². The van der Waals surface area contributed by atoms with Crippen molar-refractivity contribution in [2.75, 3.05) is 54.9 Å². The summed E-state index contributed by atoms with van der Waals surface area (Å²) in [5.74, 6) is 2.73. The fraction of sp³-hybridized carbons (Fsp3) is 0.577. The Labute approximate surface area is 236 Å². The Kier molecular flexibility index (Phi) is 9.71. The monoisotopic (exact) mass is 588 g/mol. The van der Waals surface area contributed by atoms with Gasteiger partial charge in [0.25, 0.3) is 0 Å². The molecular formula is C26H33Cl2F3N6S. The van der Waals surface area contributed by atoms with Crippen molar-refractivity contribution in [3.8, 4) is 0 Å². The number of alkyl halides is 3. The molecule has 2 aliphatic heterocycles. The third-order valence-corrected chi connectivity index (χ3v) is 8.59. The van der Waals surface area contributed by atoms with Gasteiger partial charge in [0.05, 0.1) is 12.2 Å². The number of piperidine rings is 1. The van der Waals surface area contributed by atoms with Crippen molar-refractivity contribution in [3.63, 3.8) is 0 Å². The highest BCUT2D eigenvalue weighted by atomic mass is 35.5. The zero-order chi connectivity index (χ0) is 27.4. The highest BCUT2D eigenvalue weighted by molar-refractivity contribution is 7.98. The molecule has 2 unspecified atom stereocenters. The first kappa shape index (κ1) is 29.2. The molecule has 1 aromatic heterocycles. The number of nitrogens with zero attached hydrogens (tertiary/aromatic N) is 4. The van der Waals surface area contributed by atoms with E-state index in [9.17, 15) is 13.2 Å². The Balaban J connectivity index is 1.47. The van der Waals surface area contributed by atoms with Crippen LogP contribution in [0.1, 0.15) is 43.5 Å². The fourth-order valence-corrected chi connectivity index (χ4v) is 6.18. The van der Waals surface area contributed by atoms with Crippen LogP contribution in [0.4, 0.5) is 24.8 Å². The van der Waals surface area contributed by atoms with E-state index in [2.05, 4.69) is 31.3 Å². The fourth-order valence-electron chi connectivity index (χ4n) is 5.20. The van der Waals surface area contributed by atoms with Gasteiger partial charge in [-0.2, -0.15) is 24.9 Å². The number of nitrogens with one attached hydrogen (secondary N) is 2. The van der Waals surface area contributed by atoms with E-state index in [0.717, 1.165) is 32.7 Å². The number of hydrogen-bond acceptors (Lipinski definition) is 7. The Bertz CT molecular complexity index is 1130. The molecule has 0 bridgehead atoms. The molecule has 208 valence electrons. The summed E-state index contributed by atoms with van der Waals surface area (Å²) in [6.45, 7) is 6.75. The lowest BCUT2D eigenvalue weighted by molar-refractivity contribution is -0.0589. The third kappa shape index (κ3) is 7.06. The van der Waals surface area contributed by atoms with Crippen molar-refractivity contribution in [2.24, 2.45) is 11.8 Å². The van der Waals surface area contributed by atoms with Crippen molar-refractivity contribution < 1.29 is 13.2 Å². The quantitative estimate of drug-likeness (QED) is 0.235. The Morgan fingerprint density at radius 3 is 2.68 bits per heavy atom. The first-order valence-electron chi connectivity index (χ1n) is 12.8. The zero-order valence-corrected chi connectivity index (χ0v) is 23.8. The predicted molar refractivity (Wildman–Crippen MR) is 151 cm³/mol. The summed E-state index contributed by atoms with van der Waals surface area (Å²) in [4.78, 5) is 13.2. The zero-order valence-electron chi connectivity index (χ0n) is 21.5. The Hall–Kier alpha value is -1.75. The van der Waals surface area contributed by atoms with Crippen LogP contribution in [0.2, 0.25) is 10.0 Å². The minimum absolute atomic E-state index is 0.0931. The van der Waals surface area contributed by atoms with Crippen LogP contribution in [0.5, 0.6) is 0 Å². The summed E-state index contributed by atoms with van der Waals surface area (Å²) in [6, 6.07) is 4.46. The summed E-state index contributed by atoms with van der Waals surface area (Å²) in [5, 5.41) is 11.5. The van der Waals surface area contributed by atoms with Crippen LogP contribution in [0.25, 0.3) is 0 Å². The molecule has 0 saturated carbocycles.